The highest BCUT2D eigenvalue weighted by Crippen LogP contribution is 2.16. The molecule has 1 unspecified atom stereocenters. The zero-order valence-electron chi connectivity index (χ0n) is 19.4. The molecule has 8 heteroatoms. The minimum atomic E-state index is -0.0357. The Labute approximate surface area is 204 Å². The van der Waals surface area contributed by atoms with E-state index in [1.165, 1.54) is 11.1 Å². The number of likely N-dealkylation sites (tertiary alicyclic amines) is 1. The quantitative estimate of drug-likeness (QED) is 0.259. The van der Waals surface area contributed by atoms with Gasteiger partial charge in [0.15, 0.2) is 5.96 Å². The minimum absolute atomic E-state index is 0. The second kappa shape index (κ2) is 12.5. The van der Waals surface area contributed by atoms with Gasteiger partial charge in [0, 0.05) is 46.3 Å². The van der Waals surface area contributed by atoms with Gasteiger partial charge in [0.05, 0.1) is 12.6 Å². The van der Waals surface area contributed by atoms with Crippen LogP contribution < -0.4 is 10.1 Å². The van der Waals surface area contributed by atoms with Crippen molar-refractivity contribution in [2.75, 3.05) is 59.5 Å². The summed E-state index contributed by atoms with van der Waals surface area (Å²) >= 11 is 0. The van der Waals surface area contributed by atoms with Gasteiger partial charge in [-0.2, -0.15) is 0 Å². The number of nitrogens with one attached hydrogen (secondary N) is 1. The zero-order valence-corrected chi connectivity index (χ0v) is 21.7. The molecule has 31 heavy (non-hydrogen) atoms. The first-order chi connectivity index (χ1) is 14.5. The van der Waals surface area contributed by atoms with Crippen molar-refractivity contribution in [1.82, 2.24) is 20.0 Å². The Bertz CT molecular complexity index is 723. The van der Waals surface area contributed by atoms with Gasteiger partial charge in [-0.05, 0) is 56.9 Å². The molecule has 2 heterocycles. The van der Waals surface area contributed by atoms with Crippen LogP contribution in [-0.2, 0) is 4.79 Å². The third-order valence-corrected chi connectivity index (χ3v) is 6.00. The minimum Gasteiger partial charge on any atom is -0.492 e. The fourth-order valence-electron chi connectivity index (χ4n) is 4.36. The van der Waals surface area contributed by atoms with Gasteiger partial charge in [-0.15, -0.1) is 24.0 Å². The van der Waals surface area contributed by atoms with Crippen LogP contribution in [0.2, 0.25) is 0 Å². The maximum Gasteiger partial charge on any atom is 0.239 e. The molecule has 1 amide bonds. The number of guanidine groups is 1. The molecule has 1 aromatic carbocycles. The number of benzene rings is 1. The van der Waals surface area contributed by atoms with Crippen molar-refractivity contribution in [2.45, 2.75) is 39.7 Å². The summed E-state index contributed by atoms with van der Waals surface area (Å²) in [5.41, 5.74) is 2.42. The molecule has 174 valence electrons. The first kappa shape index (κ1) is 25.7. The molecule has 1 aromatic rings. The molecule has 2 saturated heterocycles. The number of aryl methyl sites for hydroxylation is 2. The lowest BCUT2D eigenvalue weighted by Crippen LogP contribution is -2.57. The summed E-state index contributed by atoms with van der Waals surface area (Å²) in [6.45, 7) is 12.8. The van der Waals surface area contributed by atoms with Crippen LogP contribution >= 0.6 is 24.0 Å². The molecule has 0 aromatic heterocycles. The third-order valence-electron chi connectivity index (χ3n) is 6.00. The molecule has 1 N–H and O–H groups in total. The number of nitrogens with zero attached hydrogens (tertiary/aromatic N) is 4. The van der Waals surface area contributed by atoms with E-state index < -0.39 is 0 Å². The molecule has 0 spiro atoms. The van der Waals surface area contributed by atoms with Gasteiger partial charge in [-0.3, -0.25) is 14.7 Å². The van der Waals surface area contributed by atoms with Crippen LogP contribution in [0.15, 0.2) is 23.2 Å². The average molecular weight is 543 g/mol. The van der Waals surface area contributed by atoms with Crippen LogP contribution in [0.3, 0.4) is 0 Å². The summed E-state index contributed by atoms with van der Waals surface area (Å²) in [6, 6.07) is 6.23. The first-order valence-electron chi connectivity index (χ1n) is 11.2. The Kier molecular flexibility index (Phi) is 10.3. The SMILES string of the molecule is CN=C(NCCOc1cc(C)cc(C)c1)N1CCN(C(C)C(=O)N2CCCC2)CC1.I. The summed E-state index contributed by atoms with van der Waals surface area (Å²) in [5, 5.41) is 3.41. The number of carbonyl (C=O) groups is 1. The Hall–Kier alpha value is -1.55. The molecule has 1 atom stereocenters. The van der Waals surface area contributed by atoms with Gasteiger partial charge in [0.1, 0.15) is 12.4 Å². The molecular weight excluding hydrogens is 505 g/mol. The van der Waals surface area contributed by atoms with Crippen LogP contribution in [0.1, 0.15) is 30.9 Å². The van der Waals surface area contributed by atoms with Gasteiger partial charge >= 0.3 is 0 Å². The standard InChI is InChI=1S/C23H37N5O2.HI/c1-18-15-19(2)17-21(16-18)30-14-7-25-23(24-4)28-12-10-26(11-13-28)20(3)22(29)27-8-5-6-9-27;/h15-17,20H,5-14H2,1-4H3,(H,24,25);1H. The molecular formula is C23H38IN5O2. The van der Waals surface area contributed by atoms with E-state index >= 15 is 0 Å². The molecule has 0 saturated carbocycles. The van der Waals surface area contributed by atoms with Gasteiger partial charge < -0.3 is 19.9 Å². The van der Waals surface area contributed by atoms with E-state index in [-0.39, 0.29) is 35.9 Å². The van der Waals surface area contributed by atoms with Crippen LogP contribution in [-0.4, -0.2) is 92.1 Å². The fourth-order valence-corrected chi connectivity index (χ4v) is 4.36. The number of ether oxygens (including phenoxy) is 1. The molecule has 2 aliphatic heterocycles. The molecule has 0 radical (unpaired) electrons. The summed E-state index contributed by atoms with van der Waals surface area (Å²) in [5.74, 6) is 2.10. The molecule has 2 aliphatic rings. The van der Waals surface area contributed by atoms with Crippen molar-refractivity contribution in [1.29, 1.82) is 0 Å². The Morgan fingerprint density at radius 2 is 1.65 bits per heavy atom. The number of hydrogen-bond acceptors (Lipinski definition) is 4. The van der Waals surface area contributed by atoms with Gasteiger partial charge in [0.25, 0.3) is 0 Å². The van der Waals surface area contributed by atoms with Crippen molar-refractivity contribution >= 4 is 35.8 Å². The Morgan fingerprint density at radius 1 is 1.03 bits per heavy atom. The molecule has 0 aliphatic carbocycles. The van der Waals surface area contributed by atoms with E-state index in [0.717, 1.165) is 63.8 Å². The molecule has 0 bridgehead atoms. The molecule has 3 rings (SSSR count). The van der Waals surface area contributed by atoms with Crippen LogP contribution in [0.4, 0.5) is 0 Å². The average Bonchev–Trinajstić information content (AvgIpc) is 3.27. The fraction of sp³-hybridized carbons (Fsp3) is 0.652. The Balaban J connectivity index is 0.00000341. The second-order valence-corrected chi connectivity index (χ2v) is 8.38. The van der Waals surface area contributed by atoms with E-state index in [9.17, 15) is 4.79 Å². The number of hydrogen-bond donors (Lipinski definition) is 1. The molecule has 7 nitrogen and oxygen atoms in total. The van der Waals surface area contributed by atoms with Gasteiger partial charge in [-0.25, -0.2) is 0 Å². The summed E-state index contributed by atoms with van der Waals surface area (Å²) in [4.78, 5) is 23.7. The predicted molar refractivity (Wildman–Crippen MR) is 137 cm³/mol. The first-order valence-corrected chi connectivity index (χ1v) is 11.2. The lowest BCUT2D eigenvalue weighted by molar-refractivity contribution is -0.135. The monoisotopic (exact) mass is 543 g/mol. The largest absolute Gasteiger partial charge is 0.492 e. The number of piperazine rings is 1. The van der Waals surface area contributed by atoms with Crippen molar-refractivity contribution in [3.63, 3.8) is 0 Å². The highest BCUT2D eigenvalue weighted by molar-refractivity contribution is 14.0. The highest BCUT2D eigenvalue weighted by Gasteiger charge is 2.30. The summed E-state index contributed by atoms with van der Waals surface area (Å²) in [6.07, 6.45) is 2.28. The highest BCUT2D eigenvalue weighted by atomic mass is 127. The third kappa shape index (κ3) is 7.24. The van der Waals surface area contributed by atoms with E-state index in [1.54, 1.807) is 0 Å². The number of aliphatic imine (C=N–C) groups is 1. The second-order valence-electron chi connectivity index (χ2n) is 8.38. The van der Waals surface area contributed by atoms with Crippen molar-refractivity contribution in [2.24, 2.45) is 4.99 Å². The maximum atomic E-state index is 12.7. The van der Waals surface area contributed by atoms with Crippen molar-refractivity contribution in [3.8, 4) is 5.75 Å². The van der Waals surface area contributed by atoms with Gasteiger partial charge in [0.2, 0.25) is 5.91 Å². The Morgan fingerprint density at radius 3 is 2.23 bits per heavy atom. The lowest BCUT2D eigenvalue weighted by Gasteiger charge is -2.39. The number of carbonyl (C=O) groups excluding carboxylic acids is 1. The summed E-state index contributed by atoms with van der Waals surface area (Å²) < 4.78 is 5.89. The smallest absolute Gasteiger partial charge is 0.239 e. The van der Waals surface area contributed by atoms with E-state index in [0.29, 0.717) is 13.2 Å². The lowest BCUT2D eigenvalue weighted by atomic mass is 10.1. The normalized spacial score (nSPS) is 18.5. The number of halogens is 1. The predicted octanol–water partition coefficient (Wildman–Crippen LogP) is 2.50. The van der Waals surface area contributed by atoms with Crippen molar-refractivity contribution < 1.29 is 9.53 Å². The van der Waals surface area contributed by atoms with Crippen LogP contribution in [0.5, 0.6) is 5.75 Å². The zero-order chi connectivity index (χ0) is 21.5. The van der Waals surface area contributed by atoms with E-state index in [2.05, 4.69) is 52.2 Å². The summed E-state index contributed by atoms with van der Waals surface area (Å²) in [7, 11) is 1.82. The maximum absolute atomic E-state index is 12.7. The van der Waals surface area contributed by atoms with Crippen molar-refractivity contribution in [3.05, 3.63) is 29.3 Å². The van der Waals surface area contributed by atoms with E-state index in [1.807, 2.05) is 18.9 Å². The number of rotatable bonds is 6. The van der Waals surface area contributed by atoms with Gasteiger partial charge in [-0.1, -0.05) is 6.07 Å². The van der Waals surface area contributed by atoms with Crippen LogP contribution in [0, 0.1) is 13.8 Å². The van der Waals surface area contributed by atoms with E-state index in [4.69, 9.17) is 4.74 Å². The molecule has 2 fully saturated rings. The topological polar surface area (TPSA) is 60.4 Å². The van der Waals surface area contributed by atoms with Crippen LogP contribution in [0.25, 0.3) is 0 Å². The number of amides is 1.